The molecule has 1 aromatic heterocycles. The van der Waals surface area contributed by atoms with Gasteiger partial charge in [-0.25, -0.2) is 9.19 Å². The number of morpholine rings is 1. The van der Waals surface area contributed by atoms with Gasteiger partial charge in [-0.15, -0.1) is 11.3 Å². The molecule has 1 fully saturated rings. The first-order valence-corrected chi connectivity index (χ1v) is 6.79. The maximum Gasteiger partial charge on any atom is 0.159 e. The summed E-state index contributed by atoms with van der Waals surface area (Å²) in [4.78, 5) is 4.14. The highest BCUT2D eigenvalue weighted by Gasteiger charge is 2.03. The number of benzene rings is 1. The van der Waals surface area contributed by atoms with Gasteiger partial charge in [-0.2, -0.15) is 0 Å². The molecule has 4 nitrogen and oxygen atoms in total. The molecule has 0 aliphatic carbocycles. The van der Waals surface area contributed by atoms with Crippen LogP contribution in [0.1, 0.15) is 0 Å². The Bertz CT molecular complexity index is 497. The molecule has 0 bridgehead atoms. The molecule has 90 valence electrons. The van der Waals surface area contributed by atoms with Gasteiger partial charge in [-0.3, -0.25) is 0 Å². The summed E-state index contributed by atoms with van der Waals surface area (Å²) < 4.78 is 16.2. The molecular formula is C11H12N2O2S2. The number of nitrogens with one attached hydrogen (secondary N) is 1. The predicted molar refractivity (Wildman–Crippen MR) is 71.6 cm³/mol. The molecule has 0 spiro atoms. The first kappa shape index (κ1) is 12.4. The molecule has 6 heteroatoms. The first-order chi connectivity index (χ1) is 8.40. The summed E-state index contributed by atoms with van der Waals surface area (Å²) in [6.07, 6.45) is 0. The number of rotatable bonds is 0. The Kier molecular flexibility index (Phi) is 4.81. The van der Waals surface area contributed by atoms with Gasteiger partial charge < -0.3 is 10.1 Å². The van der Waals surface area contributed by atoms with Crippen molar-refractivity contribution in [3.05, 3.63) is 29.8 Å². The van der Waals surface area contributed by atoms with E-state index in [9.17, 15) is 4.21 Å². The van der Waals surface area contributed by atoms with Crippen molar-refractivity contribution in [1.82, 2.24) is 10.3 Å². The Labute approximate surface area is 107 Å². The number of thiazole rings is 1. The van der Waals surface area contributed by atoms with E-state index in [1.807, 2.05) is 23.7 Å². The van der Waals surface area contributed by atoms with Crippen LogP contribution in [0.2, 0.25) is 0 Å². The zero-order valence-corrected chi connectivity index (χ0v) is 10.7. The summed E-state index contributed by atoms with van der Waals surface area (Å²) >= 11 is 2.10. The van der Waals surface area contributed by atoms with E-state index in [1.54, 1.807) is 11.3 Å². The van der Waals surface area contributed by atoms with Crippen LogP contribution in [0.3, 0.4) is 0 Å². The third-order valence-electron chi connectivity index (χ3n) is 2.14. The maximum atomic E-state index is 10.00. The molecule has 3 rings (SSSR count). The molecule has 0 unspecified atom stereocenters. The zero-order chi connectivity index (χ0) is 11.9. The summed E-state index contributed by atoms with van der Waals surface area (Å²) in [5.74, 6) is 0. The molecular weight excluding hydrogens is 256 g/mol. The fourth-order valence-electron chi connectivity index (χ4n) is 1.34. The smallest absolute Gasteiger partial charge is 0.159 e. The summed E-state index contributed by atoms with van der Waals surface area (Å²) in [5.41, 5.74) is 2.97. The van der Waals surface area contributed by atoms with Crippen molar-refractivity contribution in [2.24, 2.45) is 0 Å². The Hall–Kier alpha value is -1.08. The summed E-state index contributed by atoms with van der Waals surface area (Å²) in [5, 5.41) is 3.55. The van der Waals surface area contributed by atoms with Gasteiger partial charge in [0.25, 0.3) is 0 Å². The molecule has 2 aromatic rings. The summed E-state index contributed by atoms with van der Waals surface area (Å²) in [7, 11) is 0. The highest BCUT2D eigenvalue weighted by atomic mass is 32.1. The normalized spacial score (nSPS) is 15.2. The van der Waals surface area contributed by atoms with Crippen molar-refractivity contribution in [3.63, 3.8) is 0 Å². The minimum atomic E-state index is 0.428. The third-order valence-corrected chi connectivity index (χ3v) is 3.40. The number of hydrogen-bond donors (Lipinski definition) is 1. The van der Waals surface area contributed by atoms with Crippen LogP contribution in [0, 0.1) is 0 Å². The standard InChI is InChI=1S/C7H5NS.C4H7NO2S/c1-2-4-7-6(3-1)8-5-9-7;6-8-4-3-5-1-2-7-4/h1-5H;5H,1-3H2. The number of para-hydroxylation sites is 1. The lowest BCUT2D eigenvalue weighted by atomic mass is 10.3. The molecule has 0 atom stereocenters. The van der Waals surface area contributed by atoms with E-state index in [0.717, 1.165) is 12.1 Å². The number of aromatic nitrogens is 1. The fraction of sp³-hybridized carbons (Fsp3) is 0.273. The quantitative estimate of drug-likeness (QED) is 0.731. The molecule has 2 heterocycles. The Morgan fingerprint density at radius 3 is 2.94 bits per heavy atom. The van der Waals surface area contributed by atoms with E-state index in [2.05, 4.69) is 16.4 Å². The molecule has 0 radical (unpaired) electrons. The van der Waals surface area contributed by atoms with E-state index >= 15 is 0 Å². The van der Waals surface area contributed by atoms with Crippen molar-refractivity contribution in [2.45, 2.75) is 0 Å². The molecule has 17 heavy (non-hydrogen) atoms. The SMILES string of the molecule is O=S=C1CNCCO1.c1ccc2scnc2c1. The number of hydrogen-bond acceptors (Lipinski definition) is 5. The van der Waals surface area contributed by atoms with Crippen LogP contribution in [0.5, 0.6) is 0 Å². The maximum absolute atomic E-state index is 10.00. The van der Waals surface area contributed by atoms with Gasteiger partial charge in [0.2, 0.25) is 0 Å². The van der Waals surface area contributed by atoms with E-state index in [-0.39, 0.29) is 0 Å². The second-order valence-corrected chi connectivity index (χ2v) is 4.81. The Morgan fingerprint density at radius 2 is 2.29 bits per heavy atom. The monoisotopic (exact) mass is 268 g/mol. The minimum Gasteiger partial charge on any atom is -0.335 e. The van der Waals surface area contributed by atoms with E-state index in [1.165, 1.54) is 4.70 Å². The first-order valence-electron chi connectivity index (χ1n) is 5.17. The van der Waals surface area contributed by atoms with Gasteiger partial charge in [0.05, 0.1) is 28.9 Å². The minimum absolute atomic E-state index is 0.428. The lowest BCUT2D eigenvalue weighted by Crippen LogP contribution is -2.34. The predicted octanol–water partition coefficient (Wildman–Crippen LogP) is 1.25. The molecule has 0 amide bonds. The van der Waals surface area contributed by atoms with Gasteiger partial charge >= 0.3 is 0 Å². The highest BCUT2D eigenvalue weighted by Crippen LogP contribution is 2.15. The lowest BCUT2D eigenvalue weighted by molar-refractivity contribution is 0.280. The zero-order valence-electron chi connectivity index (χ0n) is 9.09. The van der Waals surface area contributed by atoms with E-state index in [4.69, 9.17) is 4.74 Å². The average Bonchev–Trinajstić information content (AvgIpc) is 2.89. The van der Waals surface area contributed by atoms with Gasteiger partial charge in [-0.05, 0) is 12.1 Å². The summed E-state index contributed by atoms with van der Waals surface area (Å²) in [6, 6.07) is 8.13. The van der Waals surface area contributed by atoms with Crippen LogP contribution in [0.15, 0.2) is 29.8 Å². The second-order valence-electron chi connectivity index (χ2n) is 3.30. The Morgan fingerprint density at radius 1 is 1.41 bits per heavy atom. The number of nitrogens with zero attached hydrogens (tertiary/aromatic N) is 1. The van der Waals surface area contributed by atoms with Crippen molar-refractivity contribution in [2.75, 3.05) is 19.7 Å². The molecule has 0 saturated carbocycles. The van der Waals surface area contributed by atoms with Crippen LogP contribution in [0.4, 0.5) is 0 Å². The van der Waals surface area contributed by atoms with Crippen molar-refractivity contribution in [1.29, 1.82) is 0 Å². The van der Waals surface area contributed by atoms with Crippen LogP contribution in [-0.4, -0.2) is 33.9 Å². The fourth-order valence-corrected chi connectivity index (χ4v) is 2.31. The van der Waals surface area contributed by atoms with Crippen molar-refractivity contribution < 1.29 is 8.95 Å². The van der Waals surface area contributed by atoms with Gasteiger partial charge in [-0.1, -0.05) is 12.1 Å². The average molecular weight is 268 g/mol. The molecule has 1 aliphatic rings. The van der Waals surface area contributed by atoms with E-state index in [0.29, 0.717) is 29.5 Å². The topological polar surface area (TPSA) is 51.2 Å². The van der Waals surface area contributed by atoms with Crippen LogP contribution < -0.4 is 5.32 Å². The largest absolute Gasteiger partial charge is 0.335 e. The number of fused-ring (bicyclic) bond motifs is 1. The second kappa shape index (κ2) is 6.61. The third kappa shape index (κ3) is 3.71. The molecule has 1 N–H and O–H groups in total. The number of ether oxygens (including phenoxy) is 1. The molecule has 1 aliphatic heterocycles. The van der Waals surface area contributed by atoms with Crippen molar-refractivity contribution >= 4 is 37.9 Å². The van der Waals surface area contributed by atoms with Gasteiger partial charge in [0, 0.05) is 6.54 Å². The van der Waals surface area contributed by atoms with Crippen LogP contribution in [0.25, 0.3) is 10.2 Å². The van der Waals surface area contributed by atoms with Crippen LogP contribution in [-0.2, 0) is 16.0 Å². The van der Waals surface area contributed by atoms with Crippen LogP contribution >= 0.6 is 11.3 Å². The van der Waals surface area contributed by atoms with Gasteiger partial charge in [0.1, 0.15) is 11.3 Å². The lowest BCUT2D eigenvalue weighted by Gasteiger charge is -2.11. The van der Waals surface area contributed by atoms with Crippen molar-refractivity contribution in [3.8, 4) is 0 Å². The Balaban J connectivity index is 0.000000128. The molecule has 1 aromatic carbocycles. The summed E-state index contributed by atoms with van der Waals surface area (Å²) in [6.45, 7) is 2.09. The van der Waals surface area contributed by atoms with E-state index < -0.39 is 0 Å². The molecule has 1 saturated heterocycles. The highest BCUT2D eigenvalue weighted by molar-refractivity contribution is 7.66. The van der Waals surface area contributed by atoms with Gasteiger partial charge in [0.15, 0.2) is 5.05 Å².